The standard InChI is InChI=1S/C73H104N19O37P5S5/c1-10-38-39(19-46(119-38)87-22-35(3)63(94)84-71(87)98)125-130(101,135)114-25-41-40(20-47(120-41)88-23-36(4)64(95)85-72(88)99)126-131(102,136)116-27-44-52(56(112-17-13-108-8)68(123-44)91-32-81-48-59(75)77-30-79-61(48)91)129-134(105,139)117-28-43-51(55(111-16-12-107-7)67(122-43)90-24-37(5)65(96)86-73(90)100)127-133(104,138)118-29-45-53(57(113-18-14-109-9)69(124-45)92-33-82-49-60(76)78-31-80-62(49)92)128-132(103,137)115-26-42-50(93)54(110-15-11-106-6)66(121-42)89-21-34(2)58(74)83-70(89)97/h21-24,30-33,38-47,50-57,66-69,93H,10-20,25-29H2,1-9H3,(H,101,135)(H,102,136)(H,103,137)(H,104,138)(H,105,139)(H2,74,83,97)(H2,75,77,79)(H2,76,78,80)(H,84,94,98)(H,85,95,99)(H,86,96,100)/p-5/t38-,39-,40-,41-,42-,43-,44-,45-,46-,47-,50+,51+,52+,53+,54?,55?,56?,57?,66-,67-,68-,69-,130?,131?,132?,133?,134?/m1/s1. The molecule has 0 saturated carbocycles. The van der Waals surface area contributed by atoms with Crippen LogP contribution in [0.4, 0.5) is 17.5 Å². The molecule has 139 heavy (non-hydrogen) atoms. The second-order valence-corrected chi connectivity index (χ2v) is 45.5. The second kappa shape index (κ2) is 46.4. The Kier molecular flexibility index (Phi) is 36.1. The minimum absolute atomic E-state index is 0.0298. The Hall–Kier alpha value is -6.56. The molecule has 6 aliphatic rings. The van der Waals surface area contributed by atoms with Gasteiger partial charge in [-0.05, 0) is 34.1 Å². The molecule has 8 aromatic heterocycles. The lowest BCUT2D eigenvalue weighted by atomic mass is 10.1. The number of aromatic amines is 3. The molecule has 14 heterocycles. The number of nitrogens with two attached hydrogens (primary N) is 3. The van der Waals surface area contributed by atoms with Crippen molar-refractivity contribution in [2.24, 2.45) is 0 Å². The van der Waals surface area contributed by atoms with Gasteiger partial charge in [-0.25, -0.2) is 49.1 Å². The molecular formula is C73H99N19O37P5S5-5. The van der Waals surface area contributed by atoms with Gasteiger partial charge < -0.3 is 166 Å². The average molecular weight is 2150 g/mol. The highest BCUT2D eigenvalue weighted by Crippen LogP contribution is 2.56. The van der Waals surface area contributed by atoms with Crippen molar-refractivity contribution in [3.8, 4) is 0 Å². The highest BCUT2D eigenvalue weighted by molar-refractivity contribution is 8.32. The molecule has 6 fully saturated rings. The van der Waals surface area contributed by atoms with Gasteiger partial charge in [0.25, 0.3) is 16.7 Å². The van der Waals surface area contributed by atoms with E-state index >= 15 is 19.2 Å². The minimum Gasteiger partial charge on any atom is -0.780 e. The number of H-pyrrole nitrogens is 3. The van der Waals surface area contributed by atoms with Gasteiger partial charge in [-0.2, -0.15) is 4.98 Å². The number of aliphatic hydroxyl groups is 1. The van der Waals surface area contributed by atoms with Crippen LogP contribution in [-0.2, 0) is 176 Å². The van der Waals surface area contributed by atoms with Gasteiger partial charge in [0.2, 0.25) is 0 Å². The van der Waals surface area contributed by atoms with Crippen LogP contribution in [0, 0.1) is 27.7 Å². The molecule has 14 rings (SSSR count). The summed E-state index contributed by atoms with van der Waals surface area (Å²) in [5.74, 6) is -0.236. The van der Waals surface area contributed by atoms with Crippen LogP contribution in [0.3, 0.4) is 0 Å². The maximum absolute atomic E-state index is 15.6. The number of fused-ring (bicyclic) bond motifs is 2. The Bertz CT molecular complexity index is 6390. The zero-order valence-corrected chi connectivity index (χ0v) is 83.7. The van der Waals surface area contributed by atoms with E-state index in [0.717, 1.165) is 37.1 Å². The smallest absolute Gasteiger partial charge is 0.351 e. The summed E-state index contributed by atoms with van der Waals surface area (Å²) in [6.07, 6.45) is -24.0. The van der Waals surface area contributed by atoms with E-state index in [9.17, 15) is 43.6 Å². The molecule has 0 amide bonds. The highest BCUT2D eigenvalue weighted by Gasteiger charge is 2.55. The van der Waals surface area contributed by atoms with Gasteiger partial charge in [0, 0.05) is 88.3 Å². The Morgan fingerprint density at radius 2 is 0.770 bits per heavy atom. The number of aryl methyl sites for hydroxylation is 4. The molecule has 6 aliphatic heterocycles. The van der Waals surface area contributed by atoms with E-state index in [1.807, 2.05) is 0 Å². The first-order valence-corrected chi connectivity index (χ1v) is 55.2. The number of hydrogen-bond acceptors (Lipinski definition) is 52. The number of methoxy groups -OCH3 is 4. The SMILES string of the molecule is CC[C@H]1O[C@@H](n2cc(C)c(=O)[nH]c2=O)C[C@H]1OP([O-])(=S)OC[C@H]1O[C@@H](n2cc(C)c(=O)[nH]c2=O)C[C@H]1OP(=O)([S-])OC[C@H]1O[C@@H](n2cnc3c(N)ncnc32)C(OCCOC)[C@H]1OP([O-])(=S)OC[C@H]1O[C@@H](n2cc(C)c(=O)[nH]c2=O)C(OCCOC)[C@H]1OP([O-])(=S)OC[C@H]1O[C@@H](n2cnc3c(N)ncnc32)C(OCCOC)[C@H]1OP([O-])(=S)OC[C@H]1O[C@@H](n2cc(C)c(N)nc2=O)C(OCCOC)[C@H]1O. The first-order valence-electron chi connectivity index (χ1n) is 42.4. The number of aromatic nitrogens is 16. The summed E-state index contributed by atoms with van der Waals surface area (Å²) in [5, 5.41) is 11.8. The second-order valence-electron chi connectivity index (χ2n) is 32.0. The number of nitrogens with zero attached hydrogens (tertiary/aromatic N) is 13. The van der Waals surface area contributed by atoms with Crippen LogP contribution in [0.2, 0.25) is 0 Å². The quantitative estimate of drug-likeness (QED) is 0.0111. The van der Waals surface area contributed by atoms with Gasteiger partial charge in [0.05, 0.1) is 117 Å². The molecule has 6 saturated heterocycles. The number of nitrogen functional groups attached to an aromatic ring is 3. The summed E-state index contributed by atoms with van der Waals surface area (Å²) >= 11 is 28.1. The van der Waals surface area contributed by atoms with Crippen molar-refractivity contribution < 1.29 is 141 Å². The molecule has 27 atom stereocenters. The normalized spacial score (nSPS) is 29.4. The minimum atomic E-state index is -5.28. The van der Waals surface area contributed by atoms with Gasteiger partial charge in [0.15, 0.2) is 54.6 Å². The fraction of sp³-hybridized carbons (Fsp3) is 0.644. The Labute approximate surface area is 812 Å². The van der Waals surface area contributed by atoms with E-state index in [1.165, 1.54) is 89.6 Å². The van der Waals surface area contributed by atoms with Gasteiger partial charge in [-0.15, -0.1) is 0 Å². The Morgan fingerprint density at radius 1 is 0.424 bits per heavy atom. The Morgan fingerprint density at radius 3 is 1.19 bits per heavy atom. The third-order valence-corrected chi connectivity index (χ3v) is 30.5. The first kappa shape index (κ1) is 108. The van der Waals surface area contributed by atoms with Crippen molar-refractivity contribution in [3.63, 3.8) is 0 Å². The predicted molar refractivity (Wildman–Crippen MR) is 487 cm³/mol. The van der Waals surface area contributed by atoms with Crippen LogP contribution in [-0.4, -0.2) is 294 Å². The lowest BCUT2D eigenvalue weighted by molar-refractivity contribution is -0.223. The molecule has 9 unspecified atom stereocenters. The van der Waals surface area contributed by atoms with Crippen LogP contribution < -0.4 is 76.2 Å². The molecule has 0 bridgehead atoms. The average Bonchev–Trinajstić information content (AvgIpc) is 1.82. The van der Waals surface area contributed by atoms with Gasteiger partial charge in [-0.1, -0.05) is 54.2 Å². The van der Waals surface area contributed by atoms with E-state index < -0.39 is 248 Å². The maximum atomic E-state index is 15.6. The summed E-state index contributed by atoms with van der Waals surface area (Å²) in [6.45, 7) is -23.7. The van der Waals surface area contributed by atoms with Crippen molar-refractivity contribution in [3.05, 3.63) is 145 Å². The van der Waals surface area contributed by atoms with Gasteiger partial charge in [0.1, 0.15) is 148 Å². The van der Waals surface area contributed by atoms with Crippen molar-refractivity contribution in [1.82, 2.24) is 77.2 Å². The summed E-state index contributed by atoms with van der Waals surface area (Å²) in [5.41, 5.74) is 13.3. The number of rotatable bonds is 48. The molecule has 0 aliphatic carbocycles. The molecule has 0 aromatic carbocycles. The molecule has 0 radical (unpaired) electrons. The molecule has 8 aromatic rings. The maximum Gasteiger partial charge on any atom is 0.351 e. The lowest BCUT2D eigenvalue weighted by Crippen LogP contribution is -2.42. The van der Waals surface area contributed by atoms with E-state index in [1.54, 1.807) is 13.8 Å². The highest BCUT2D eigenvalue weighted by atomic mass is 32.7. The first-order chi connectivity index (χ1) is 66.0. The van der Waals surface area contributed by atoms with Crippen molar-refractivity contribution in [1.29, 1.82) is 0 Å². The van der Waals surface area contributed by atoms with Crippen LogP contribution in [0.25, 0.3) is 22.3 Å². The fourth-order valence-corrected chi connectivity index (χ4v) is 23.1. The van der Waals surface area contributed by atoms with Gasteiger partial charge in [-0.3, -0.25) is 61.3 Å². The van der Waals surface area contributed by atoms with Gasteiger partial charge >= 0.3 is 22.8 Å². The van der Waals surface area contributed by atoms with Crippen molar-refractivity contribution in [2.75, 3.05) is 132 Å². The van der Waals surface area contributed by atoms with Crippen molar-refractivity contribution in [2.45, 2.75) is 189 Å². The van der Waals surface area contributed by atoms with Crippen LogP contribution in [0.1, 0.15) is 85.8 Å². The monoisotopic (exact) mass is 2150 g/mol. The number of aliphatic hydroxyl groups excluding tert-OH is 1. The van der Waals surface area contributed by atoms with Crippen LogP contribution in [0.5, 0.6) is 0 Å². The molecule has 768 valence electrons. The molecular weight excluding hydrogens is 2050 g/mol. The number of ether oxygens (including phenoxy) is 14. The van der Waals surface area contributed by atoms with Crippen molar-refractivity contribution >= 4 is 133 Å². The summed E-state index contributed by atoms with van der Waals surface area (Å²) < 4.78 is 167. The van der Waals surface area contributed by atoms with Crippen LogP contribution in [0.15, 0.2) is 83.7 Å². The number of anilines is 3. The fourth-order valence-electron chi connectivity index (χ4n) is 15.9. The Balaban J connectivity index is 0.741. The van der Waals surface area contributed by atoms with E-state index in [0.29, 0.717) is 5.56 Å². The summed E-state index contributed by atoms with van der Waals surface area (Å²) in [4.78, 5) is 188. The largest absolute Gasteiger partial charge is 0.780 e. The third kappa shape index (κ3) is 25.8. The zero-order chi connectivity index (χ0) is 100. The lowest BCUT2D eigenvalue weighted by Gasteiger charge is -2.38. The third-order valence-electron chi connectivity index (χ3n) is 22.7. The van der Waals surface area contributed by atoms with E-state index in [2.05, 4.69) is 49.8 Å². The van der Waals surface area contributed by atoms with Crippen LogP contribution >= 0.6 is 33.7 Å². The molecule has 0 spiro atoms. The molecule has 56 nitrogen and oxygen atoms in total. The molecule has 10 N–H and O–H groups in total. The summed E-state index contributed by atoms with van der Waals surface area (Å²) in [6, 6.07) is 0. The van der Waals surface area contributed by atoms with E-state index in [-0.39, 0.29) is 122 Å². The predicted octanol–water partition coefficient (Wildman–Crippen LogP) is -3.38. The van der Waals surface area contributed by atoms with E-state index in [4.69, 9.17) is 188 Å². The summed E-state index contributed by atoms with van der Waals surface area (Å²) in [7, 11) is 5.46. The zero-order valence-electron chi connectivity index (χ0n) is 75.1. The number of imidazole rings is 2. The topological polar surface area (TPSA) is 716 Å². The number of hydrogen-bond donors (Lipinski definition) is 7. The molecule has 66 heteroatoms. The number of nitrogens with one attached hydrogen (secondary N) is 3.